The summed E-state index contributed by atoms with van der Waals surface area (Å²) >= 11 is 0. The van der Waals surface area contributed by atoms with E-state index in [1.807, 2.05) is 72.5 Å². The van der Waals surface area contributed by atoms with Gasteiger partial charge < -0.3 is 14.7 Å². The molecule has 2 unspecified atom stereocenters. The summed E-state index contributed by atoms with van der Waals surface area (Å²) in [4.78, 5) is 29.4. The fourth-order valence-electron chi connectivity index (χ4n) is 4.25. The maximum absolute atomic E-state index is 13.6. The van der Waals surface area contributed by atoms with Crippen LogP contribution in [-0.2, 0) is 16.1 Å². The van der Waals surface area contributed by atoms with Gasteiger partial charge in [0.05, 0.1) is 6.04 Å². The van der Waals surface area contributed by atoms with Crippen molar-refractivity contribution in [2.45, 2.75) is 64.4 Å². The summed E-state index contributed by atoms with van der Waals surface area (Å²) in [5.74, 6) is -0.141. The molecule has 1 saturated heterocycles. The zero-order valence-corrected chi connectivity index (χ0v) is 18.3. The summed E-state index contributed by atoms with van der Waals surface area (Å²) in [5, 5.41) is 10.4. The molecule has 0 aromatic heterocycles. The molecular weight excluding hydrogens is 392 g/mol. The van der Waals surface area contributed by atoms with Crippen LogP contribution in [0, 0.1) is 0 Å². The van der Waals surface area contributed by atoms with E-state index in [4.69, 9.17) is 4.74 Å². The third-order valence-corrected chi connectivity index (χ3v) is 5.80. The quantitative estimate of drug-likeness (QED) is 0.678. The Kier molecular flexibility index (Phi) is 8.06. The van der Waals surface area contributed by atoms with E-state index in [1.165, 1.54) is 4.90 Å². The van der Waals surface area contributed by atoms with Crippen LogP contribution in [0.3, 0.4) is 0 Å². The van der Waals surface area contributed by atoms with E-state index in [9.17, 15) is 14.7 Å². The highest BCUT2D eigenvalue weighted by atomic mass is 16.6. The summed E-state index contributed by atoms with van der Waals surface area (Å²) in [6.07, 6.45) is 0.867. The Morgan fingerprint density at radius 3 is 2.32 bits per heavy atom. The van der Waals surface area contributed by atoms with Gasteiger partial charge in [-0.15, -0.1) is 0 Å². The Balaban J connectivity index is 1.76. The molecule has 2 aromatic rings. The first kappa shape index (κ1) is 22.8. The second-order valence-electron chi connectivity index (χ2n) is 7.86. The van der Waals surface area contributed by atoms with Gasteiger partial charge in [-0.3, -0.25) is 9.69 Å². The summed E-state index contributed by atoms with van der Waals surface area (Å²) < 4.78 is 5.43. The molecular formula is C25H32N2O4. The largest absolute Gasteiger partial charge is 0.444 e. The zero-order chi connectivity index (χ0) is 22.2. The summed E-state index contributed by atoms with van der Waals surface area (Å²) in [6.45, 7) is 4.68. The SMILES string of the molecule is CCCC(c1ccccc1)N(CC)C(=O)[C@@H]1CCC(O)N1C(=O)OCc1ccccc1. The first-order valence-electron chi connectivity index (χ1n) is 11.1. The number of carbonyl (C=O) groups excluding carboxylic acids is 2. The minimum absolute atomic E-state index is 0.0661. The molecule has 0 bridgehead atoms. The monoisotopic (exact) mass is 424 g/mol. The molecule has 1 aliphatic heterocycles. The van der Waals surface area contributed by atoms with E-state index in [1.54, 1.807) is 0 Å². The van der Waals surface area contributed by atoms with Crippen molar-refractivity contribution in [3.63, 3.8) is 0 Å². The van der Waals surface area contributed by atoms with E-state index in [-0.39, 0.29) is 18.6 Å². The smallest absolute Gasteiger partial charge is 0.412 e. The average Bonchev–Trinajstić information content (AvgIpc) is 3.20. The molecule has 2 amide bonds. The Hall–Kier alpha value is -2.86. The van der Waals surface area contributed by atoms with Gasteiger partial charge in [0.25, 0.3) is 0 Å². The summed E-state index contributed by atoms with van der Waals surface area (Å²) in [7, 11) is 0. The number of rotatable bonds is 8. The summed E-state index contributed by atoms with van der Waals surface area (Å²) in [6, 6.07) is 18.6. The number of hydrogen-bond donors (Lipinski definition) is 1. The Morgan fingerprint density at radius 1 is 1.06 bits per heavy atom. The molecule has 3 rings (SSSR count). The Morgan fingerprint density at radius 2 is 1.71 bits per heavy atom. The standard InChI is InChI=1S/C25H32N2O4/c1-3-11-21(20-14-9-6-10-15-20)26(4-2)24(29)22-16-17-23(28)27(22)25(30)31-18-19-12-7-5-8-13-19/h5-10,12-15,21-23,28H,3-4,11,16-18H2,1-2H3/t21?,22-,23?/m0/s1. The van der Waals surface area contributed by atoms with Crippen LogP contribution in [-0.4, -0.2) is 45.7 Å². The van der Waals surface area contributed by atoms with Crippen molar-refractivity contribution in [1.82, 2.24) is 9.80 Å². The molecule has 166 valence electrons. The van der Waals surface area contributed by atoms with Gasteiger partial charge in [-0.25, -0.2) is 4.79 Å². The highest BCUT2D eigenvalue weighted by Gasteiger charge is 2.43. The molecule has 1 aliphatic rings. The van der Waals surface area contributed by atoms with E-state index in [0.717, 1.165) is 24.0 Å². The van der Waals surface area contributed by atoms with E-state index >= 15 is 0 Å². The number of hydrogen-bond acceptors (Lipinski definition) is 4. The third-order valence-electron chi connectivity index (χ3n) is 5.80. The van der Waals surface area contributed by atoms with Crippen LogP contribution < -0.4 is 0 Å². The van der Waals surface area contributed by atoms with Crippen LogP contribution in [0.25, 0.3) is 0 Å². The van der Waals surface area contributed by atoms with Crippen LogP contribution in [0.4, 0.5) is 4.79 Å². The summed E-state index contributed by atoms with van der Waals surface area (Å²) in [5.41, 5.74) is 1.94. The Labute approximate surface area is 184 Å². The molecule has 0 saturated carbocycles. The molecule has 6 nitrogen and oxygen atoms in total. The van der Waals surface area contributed by atoms with Gasteiger partial charge in [0.2, 0.25) is 5.91 Å². The molecule has 31 heavy (non-hydrogen) atoms. The predicted molar refractivity (Wildman–Crippen MR) is 119 cm³/mol. The van der Waals surface area contributed by atoms with Gasteiger partial charge >= 0.3 is 6.09 Å². The molecule has 6 heteroatoms. The van der Waals surface area contributed by atoms with Crippen LogP contribution in [0.15, 0.2) is 60.7 Å². The van der Waals surface area contributed by atoms with E-state index in [2.05, 4.69) is 6.92 Å². The molecule has 1 N–H and O–H groups in total. The second-order valence-corrected chi connectivity index (χ2v) is 7.86. The minimum Gasteiger partial charge on any atom is -0.444 e. The van der Waals surface area contributed by atoms with Gasteiger partial charge in [0.15, 0.2) is 0 Å². The Bertz CT molecular complexity index is 843. The number of aliphatic hydroxyl groups excluding tert-OH is 1. The molecule has 2 aromatic carbocycles. The van der Waals surface area contributed by atoms with Gasteiger partial charge in [0, 0.05) is 6.54 Å². The highest BCUT2D eigenvalue weighted by Crippen LogP contribution is 2.31. The van der Waals surface area contributed by atoms with Crippen molar-refractivity contribution in [3.05, 3.63) is 71.8 Å². The number of aliphatic hydroxyl groups is 1. The van der Waals surface area contributed by atoms with E-state index < -0.39 is 18.4 Å². The number of likely N-dealkylation sites (tertiary alicyclic amines) is 1. The van der Waals surface area contributed by atoms with Gasteiger partial charge in [-0.1, -0.05) is 74.0 Å². The number of carbonyl (C=O) groups is 2. The molecule has 0 spiro atoms. The predicted octanol–water partition coefficient (Wildman–Crippen LogP) is 4.50. The van der Waals surface area contributed by atoms with Crippen LogP contribution >= 0.6 is 0 Å². The van der Waals surface area contributed by atoms with Crippen LogP contribution in [0.5, 0.6) is 0 Å². The number of amides is 2. The number of ether oxygens (including phenoxy) is 1. The van der Waals surface area contributed by atoms with Crippen molar-refractivity contribution < 1.29 is 19.4 Å². The van der Waals surface area contributed by atoms with Gasteiger partial charge in [-0.2, -0.15) is 0 Å². The number of benzene rings is 2. The molecule has 0 aliphatic carbocycles. The molecule has 0 radical (unpaired) electrons. The van der Waals surface area contributed by atoms with Crippen LogP contribution in [0.2, 0.25) is 0 Å². The van der Waals surface area contributed by atoms with Crippen molar-refractivity contribution in [3.8, 4) is 0 Å². The fraction of sp³-hybridized carbons (Fsp3) is 0.440. The van der Waals surface area contributed by atoms with Crippen molar-refractivity contribution >= 4 is 12.0 Å². The third kappa shape index (κ3) is 5.44. The highest BCUT2D eigenvalue weighted by molar-refractivity contribution is 5.86. The lowest BCUT2D eigenvalue weighted by Crippen LogP contribution is -2.51. The maximum Gasteiger partial charge on any atom is 0.412 e. The first-order valence-corrected chi connectivity index (χ1v) is 11.1. The normalized spacial score (nSPS) is 19.1. The second kappa shape index (κ2) is 11.0. The molecule has 3 atom stereocenters. The number of nitrogens with zero attached hydrogens (tertiary/aromatic N) is 2. The van der Waals surface area contributed by atoms with Crippen molar-refractivity contribution in [2.24, 2.45) is 0 Å². The van der Waals surface area contributed by atoms with Crippen molar-refractivity contribution in [1.29, 1.82) is 0 Å². The lowest BCUT2D eigenvalue weighted by molar-refractivity contribution is -0.140. The zero-order valence-electron chi connectivity index (χ0n) is 18.3. The number of likely N-dealkylation sites (N-methyl/N-ethyl adjacent to an activating group) is 1. The minimum atomic E-state index is -1.02. The molecule has 1 fully saturated rings. The first-order chi connectivity index (χ1) is 15.1. The maximum atomic E-state index is 13.6. The van der Waals surface area contributed by atoms with Gasteiger partial charge in [0.1, 0.15) is 18.9 Å². The average molecular weight is 425 g/mol. The van der Waals surface area contributed by atoms with E-state index in [0.29, 0.717) is 19.4 Å². The van der Waals surface area contributed by atoms with Crippen molar-refractivity contribution in [2.75, 3.05) is 6.54 Å². The lowest BCUT2D eigenvalue weighted by Gasteiger charge is -2.35. The topological polar surface area (TPSA) is 70.1 Å². The van der Waals surface area contributed by atoms with Gasteiger partial charge in [-0.05, 0) is 37.3 Å². The molecule has 1 heterocycles. The fourth-order valence-corrected chi connectivity index (χ4v) is 4.25. The van der Waals surface area contributed by atoms with Crippen LogP contribution in [0.1, 0.15) is 56.7 Å². The lowest BCUT2D eigenvalue weighted by atomic mass is 9.99.